The van der Waals surface area contributed by atoms with Crippen LogP contribution in [0, 0.1) is 11.3 Å². The Balaban J connectivity index is 3.22. The molecule has 0 aromatic heterocycles. The molecule has 1 rings (SSSR count). The predicted octanol–water partition coefficient (Wildman–Crippen LogP) is 4.18. The highest BCUT2D eigenvalue weighted by Gasteiger charge is 2.03. The minimum Gasteiger partial charge on any atom is -0.193 e. The van der Waals surface area contributed by atoms with Crippen LogP contribution < -0.4 is 0 Å². The summed E-state index contributed by atoms with van der Waals surface area (Å²) in [6, 6.07) is 5.01. The van der Waals surface area contributed by atoms with E-state index in [9.17, 15) is 0 Å². The maximum absolute atomic E-state index is 8.31. The Kier molecular flexibility index (Phi) is 3.62. The van der Waals surface area contributed by atoms with Crippen LogP contribution >= 0.6 is 34.8 Å². The molecular formula is C9H4Cl3N. The van der Waals surface area contributed by atoms with E-state index in [-0.39, 0.29) is 0 Å². The number of nitriles is 1. The lowest BCUT2D eigenvalue weighted by atomic mass is 10.2. The van der Waals surface area contributed by atoms with Crippen LogP contribution in [0.2, 0.25) is 15.1 Å². The molecule has 13 heavy (non-hydrogen) atoms. The minimum atomic E-state index is 0.434. The van der Waals surface area contributed by atoms with E-state index in [0.717, 1.165) is 0 Å². The van der Waals surface area contributed by atoms with Gasteiger partial charge in [-0.25, -0.2) is 0 Å². The molecule has 0 fully saturated rings. The second-order valence-corrected chi connectivity index (χ2v) is 3.50. The van der Waals surface area contributed by atoms with Crippen LogP contribution in [0.3, 0.4) is 0 Å². The SMILES string of the molecule is N#CC=Cc1c(Cl)cc(Cl)cc1Cl. The Labute approximate surface area is 91.1 Å². The highest BCUT2D eigenvalue weighted by molar-refractivity contribution is 6.40. The maximum Gasteiger partial charge on any atom is 0.0912 e. The summed E-state index contributed by atoms with van der Waals surface area (Å²) in [5.74, 6) is 0. The number of halogens is 3. The van der Waals surface area contributed by atoms with Gasteiger partial charge in [-0.15, -0.1) is 0 Å². The van der Waals surface area contributed by atoms with Gasteiger partial charge in [-0.05, 0) is 18.2 Å². The lowest BCUT2D eigenvalue weighted by Crippen LogP contribution is -1.78. The first-order chi connectivity index (χ1) is 6.15. The number of rotatable bonds is 1. The number of allylic oxidation sites excluding steroid dienone is 1. The van der Waals surface area contributed by atoms with Crippen LogP contribution in [0.5, 0.6) is 0 Å². The molecule has 4 heteroatoms. The van der Waals surface area contributed by atoms with Crippen molar-refractivity contribution in [2.75, 3.05) is 0 Å². The van der Waals surface area contributed by atoms with Gasteiger partial charge in [0.2, 0.25) is 0 Å². The zero-order valence-electron chi connectivity index (χ0n) is 6.39. The molecule has 0 aliphatic carbocycles. The number of nitrogens with zero attached hydrogens (tertiary/aromatic N) is 1. The van der Waals surface area contributed by atoms with Gasteiger partial charge in [-0.1, -0.05) is 34.8 Å². The fraction of sp³-hybridized carbons (Fsp3) is 0. The van der Waals surface area contributed by atoms with E-state index in [0.29, 0.717) is 20.6 Å². The van der Waals surface area contributed by atoms with E-state index in [1.807, 2.05) is 6.07 Å². The molecule has 0 aliphatic rings. The van der Waals surface area contributed by atoms with Crippen LogP contribution in [0.25, 0.3) is 6.08 Å². The standard InChI is InChI=1S/C9H4Cl3N/c10-6-4-8(11)7(2-1-3-13)9(12)5-6/h1-2,4-5H. The summed E-state index contributed by atoms with van der Waals surface area (Å²) in [7, 11) is 0. The van der Waals surface area contributed by atoms with Crippen LogP contribution in [0.1, 0.15) is 5.56 Å². The van der Waals surface area contributed by atoms with Crippen molar-refractivity contribution in [3.8, 4) is 6.07 Å². The molecule has 66 valence electrons. The summed E-state index contributed by atoms with van der Waals surface area (Å²) >= 11 is 17.4. The number of benzene rings is 1. The third kappa shape index (κ3) is 2.63. The third-order valence-electron chi connectivity index (χ3n) is 1.37. The van der Waals surface area contributed by atoms with Crippen molar-refractivity contribution in [3.05, 3.63) is 38.8 Å². The first-order valence-electron chi connectivity index (χ1n) is 3.36. The van der Waals surface area contributed by atoms with Crippen molar-refractivity contribution in [2.45, 2.75) is 0 Å². The maximum atomic E-state index is 8.31. The summed E-state index contributed by atoms with van der Waals surface area (Å²) in [6.45, 7) is 0. The van der Waals surface area contributed by atoms with Gasteiger partial charge in [0.1, 0.15) is 0 Å². The normalized spacial score (nSPS) is 10.3. The summed E-state index contributed by atoms with van der Waals surface area (Å²) in [5, 5.41) is 9.66. The highest BCUT2D eigenvalue weighted by Crippen LogP contribution is 2.29. The van der Waals surface area contributed by atoms with Gasteiger partial charge < -0.3 is 0 Å². The molecule has 1 aromatic carbocycles. The van der Waals surface area contributed by atoms with Crippen LogP contribution in [-0.4, -0.2) is 0 Å². The van der Waals surface area contributed by atoms with E-state index in [1.165, 1.54) is 6.08 Å². The Bertz CT molecular complexity index is 367. The molecule has 0 amide bonds. The Morgan fingerprint density at radius 2 is 1.69 bits per heavy atom. The van der Waals surface area contributed by atoms with Crippen LogP contribution in [0.15, 0.2) is 18.2 Å². The smallest absolute Gasteiger partial charge is 0.0912 e. The second kappa shape index (κ2) is 4.53. The molecule has 0 spiro atoms. The van der Waals surface area contributed by atoms with Gasteiger partial charge in [-0.2, -0.15) is 5.26 Å². The van der Waals surface area contributed by atoms with Crippen molar-refractivity contribution < 1.29 is 0 Å². The molecule has 0 atom stereocenters. The Morgan fingerprint density at radius 1 is 1.15 bits per heavy atom. The zero-order valence-corrected chi connectivity index (χ0v) is 8.66. The second-order valence-electron chi connectivity index (χ2n) is 2.25. The van der Waals surface area contributed by atoms with E-state index in [4.69, 9.17) is 40.1 Å². The van der Waals surface area contributed by atoms with Gasteiger partial charge in [0.15, 0.2) is 0 Å². The average Bonchev–Trinajstić information content (AvgIpc) is 2.02. The lowest BCUT2D eigenvalue weighted by Gasteiger charge is -2.01. The zero-order chi connectivity index (χ0) is 9.84. The molecular weight excluding hydrogens is 228 g/mol. The molecule has 1 nitrogen and oxygen atoms in total. The van der Waals surface area contributed by atoms with Crippen molar-refractivity contribution in [3.63, 3.8) is 0 Å². The quantitative estimate of drug-likeness (QED) is 0.666. The molecule has 1 aromatic rings. The van der Waals surface area contributed by atoms with Crippen molar-refractivity contribution in [2.24, 2.45) is 0 Å². The van der Waals surface area contributed by atoms with Crippen molar-refractivity contribution in [1.82, 2.24) is 0 Å². The van der Waals surface area contributed by atoms with Crippen molar-refractivity contribution in [1.29, 1.82) is 5.26 Å². The minimum absolute atomic E-state index is 0.434. The molecule has 0 N–H and O–H groups in total. The van der Waals surface area contributed by atoms with Crippen LogP contribution in [0.4, 0.5) is 0 Å². The summed E-state index contributed by atoms with van der Waals surface area (Å²) in [5.41, 5.74) is 0.606. The first kappa shape index (κ1) is 10.4. The lowest BCUT2D eigenvalue weighted by molar-refractivity contribution is 1.54. The number of hydrogen-bond donors (Lipinski definition) is 0. The van der Waals surface area contributed by atoms with E-state index in [1.54, 1.807) is 18.2 Å². The first-order valence-corrected chi connectivity index (χ1v) is 4.49. The van der Waals surface area contributed by atoms with Crippen LogP contribution in [-0.2, 0) is 0 Å². The van der Waals surface area contributed by atoms with E-state index < -0.39 is 0 Å². The topological polar surface area (TPSA) is 23.8 Å². The predicted molar refractivity (Wildman–Crippen MR) is 56.1 cm³/mol. The molecule has 0 saturated heterocycles. The van der Waals surface area contributed by atoms with Gasteiger partial charge in [0, 0.05) is 16.7 Å². The van der Waals surface area contributed by atoms with Gasteiger partial charge in [0.05, 0.1) is 16.1 Å². The van der Waals surface area contributed by atoms with Gasteiger partial charge >= 0.3 is 0 Å². The molecule has 0 aliphatic heterocycles. The van der Waals surface area contributed by atoms with Crippen molar-refractivity contribution >= 4 is 40.9 Å². The Morgan fingerprint density at radius 3 is 2.15 bits per heavy atom. The van der Waals surface area contributed by atoms with E-state index >= 15 is 0 Å². The molecule has 0 unspecified atom stereocenters. The fourth-order valence-corrected chi connectivity index (χ4v) is 1.78. The molecule has 0 radical (unpaired) electrons. The van der Waals surface area contributed by atoms with E-state index in [2.05, 4.69) is 0 Å². The Hall–Kier alpha value is -0.680. The van der Waals surface area contributed by atoms with Gasteiger partial charge in [0.25, 0.3) is 0 Å². The largest absolute Gasteiger partial charge is 0.193 e. The third-order valence-corrected chi connectivity index (χ3v) is 2.21. The summed E-state index contributed by atoms with van der Waals surface area (Å²) < 4.78 is 0. The van der Waals surface area contributed by atoms with Gasteiger partial charge in [-0.3, -0.25) is 0 Å². The fourth-order valence-electron chi connectivity index (χ4n) is 0.833. The number of hydrogen-bond acceptors (Lipinski definition) is 1. The molecule has 0 saturated carbocycles. The summed E-state index contributed by atoms with van der Waals surface area (Å²) in [4.78, 5) is 0. The molecule has 0 heterocycles. The average molecular weight is 232 g/mol. The molecule has 0 bridgehead atoms. The summed E-state index contributed by atoms with van der Waals surface area (Å²) in [6.07, 6.45) is 2.85. The highest BCUT2D eigenvalue weighted by atomic mass is 35.5. The monoisotopic (exact) mass is 231 g/mol.